The molecule has 7 nitrogen and oxygen atoms in total. The van der Waals surface area contributed by atoms with Gasteiger partial charge in [-0.3, -0.25) is 0 Å². The number of benzene rings is 2. The van der Waals surface area contributed by atoms with Gasteiger partial charge in [-0.15, -0.1) is 0 Å². The molecule has 0 atom stereocenters. The molecule has 0 fully saturated rings. The van der Waals surface area contributed by atoms with Gasteiger partial charge >= 0.3 is 0 Å². The van der Waals surface area contributed by atoms with E-state index in [4.69, 9.17) is 26.4 Å². The van der Waals surface area contributed by atoms with Gasteiger partial charge in [0.05, 0.1) is 32.0 Å². The second-order valence-electron chi connectivity index (χ2n) is 5.37. The molecule has 0 bridgehead atoms. The van der Waals surface area contributed by atoms with Crippen molar-refractivity contribution in [2.75, 3.05) is 21.3 Å². The Bertz CT molecular complexity index is 1050. The Morgan fingerprint density at radius 1 is 1.04 bits per heavy atom. The summed E-state index contributed by atoms with van der Waals surface area (Å²) in [6, 6.07) is 11.1. The fraction of sp³-hybridized carbons (Fsp3) is 0.167. The van der Waals surface area contributed by atoms with Crippen LogP contribution in [0.4, 0.5) is 0 Å². The fourth-order valence-corrected chi connectivity index (χ4v) is 3.19. The van der Waals surface area contributed by atoms with Gasteiger partial charge in [0, 0.05) is 5.56 Å². The first-order valence-corrected chi connectivity index (χ1v) is 9.05. The van der Waals surface area contributed by atoms with Crippen molar-refractivity contribution in [3.05, 3.63) is 51.2 Å². The first-order valence-electron chi connectivity index (χ1n) is 7.85. The average Bonchev–Trinajstić information content (AvgIpc) is 3.06. The van der Waals surface area contributed by atoms with Crippen LogP contribution in [0.25, 0.3) is 11.4 Å². The maximum atomic E-state index is 5.36. The van der Waals surface area contributed by atoms with Crippen molar-refractivity contribution >= 4 is 34.4 Å². The van der Waals surface area contributed by atoms with Crippen molar-refractivity contribution < 1.29 is 14.2 Å². The monoisotopic (exact) mass is 448 g/mol. The molecule has 0 radical (unpaired) electrons. The summed E-state index contributed by atoms with van der Waals surface area (Å²) >= 11 is 8.77. The molecule has 140 valence electrons. The standard InChI is InChI=1S/C18H17BrN4O3S/c1-24-14-6-4-11(8-13(14)19)10-20-23-17(21-22-18(23)27)12-5-7-15(25-2)16(9-12)26-3/h4-10H,1-3H3,(H,22,27)/b20-10+. The maximum absolute atomic E-state index is 5.36. The first kappa shape index (κ1) is 19.1. The molecular weight excluding hydrogens is 432 g/mol. The molecular formula is C18H17BrN4O3S. The molecule has 3 aromatic rings. The molecule has 0 aliphatic carbocycles. The number of rotatable bonds is 6. The van der Waals surface area contributed by atoms with E-state index in [0.29, 0.717) is 22.1 Å². The maximum Gasteiger partial charge on any atom is 0.216 e. The largest absolute Gasteiger partial charge is 0.496 e. The minimum Gasteiger partial charge on any atom is -0.496 e. The van der Waals surface area contributed by atoms with Crippen LogP contribution in [0, 0.1) is 4.77 Å². The topological polar surface area (TPSA) is 73.7 Å². The molecule has 0 saturated carbocycles. The number of methoxy groups -OCH3 is 3. The molecule has 0 aliphatic heterocycles. The minimum atomic E-state index is 0.378. The lowest BCUT2D eigenvalue weighted by Crippen LogP contribution is -1.97. The van der Waals surface area contributed by atoms with Crippen molar-refractivity contribution in [3.8, 4) is 28.6 Å². The van der Waals surface area contributed by atoms with Gasteiger partial charge in [-0.2, -0.15) is 14.9 Å². The Balaban J connectivity index is 1.98. The van der Waals surface area contributed by atoms with E-state index in [1.54, 1.807) is 38.3 Å². The lowest BCUT2D eigenvalue weighted by Gasteiger charge is -2.09. The highest BCUT2D eigenvalue weighted by Gasteiger charge is 2.12. The Hall–Kier alpha value is -2.65. The third-order valence-electron chi connectivity index (χ3n) is 3.79. The Morgan fingerprint density at radius 3 is 2.41 bits per heavy atom. The predicted molar refractivity (Wildman–Crippen MR) is 110 cm³/mol. The molecule has 1 heterocycles. The number of halogens is 1. The summed E-state index contributed by atoms with van der Waals surface area (Å²) in [5.74, 6) is 2.54. The molecule has 2 aromatic carbocycles. The van der Waals surface area contributed by atoms with Crippen molar-refractivity contribution in [2.24, 2.45) is 5.10 Å². The second kappa shape index (κ2) is 8.36. The Labute approximate surface area is 169 Å². The molecule has 1 aromatic heterocycles. The number of hydrogen-bond donors (Lipinski definition) is 1. The number of ether oxygens (including phenoxy) is 3. The van der Waals surface area contributed by atoms with Crippen molar-refractivity contribution in [1.82, 2.24) is 14.9 Å². The average molecular weight is 449 g/mol. The molecule has 0 amide bonds. The highest BCUT2D eigenvalue weighted by molar-refractivity contribution is 9.10. The van der Waals surface area contributed by atoms with E-state index in [1.165, 1.54) is 0 Å². The molecule has 3 rings (SSSR count). The number of aromatic amines is 1. The van der Waals surface area contributed by atoms with Crippen LogP contribution in [0.2, 0.25) is 0 Å². The molecule has 27 heavy (non-hydrogen) atoms. The minimum absolute atomic E-state index is 0.378. The van der Waals surface area contributed by atoms with E-state index in [1.807, 2.05) is 30.3 Å². The molecule has 0 saturated heterocycles. The van der Waals surface area contributed by atoms with Crippen molar-refractivity contribution in [1.29, 1.82) is 0 Å². The Kier molecular flexibility index (Phi) is 5.92. The predicted octanol–water partition coefficient (Wildman–Crippen LogP) is 4.28. The SMILES string of the molecule is COc1ccc(/C=N/n2c(-c3ccc(OC)c(OC)c3)n[nH]c2=S)cc1Br. The molecule has 9 heteroatoms. The normalized spacial score (nSPS) is 11.0. The van der Waals surface area contributed by atoms with E-state index < -0.39 is 0 Å². The summed E-state index contributed by atoms with van der Waals surface area (Å²) in [5.41, 5.74) is 1.66. The van der Waals surface area contributed by atoms with Gasteiger partial charge in [-0.1, -0.05) is 0 Å². The molecule has 1 N–H and O–H groups in total. The van der Waals surface area contributed by atoms with Crippen LogP contribution >= 0.6 is 28.1 Å². The fourth-order valence-electron chi connectivity index (χ4n) is 2.45. The summed E-state index contributed by atoms with van der Waals surface area (Å²) < 4.78 is 18.6. The van der Waals surface area contributed by atoms with E-state index in [-0.39, 0.29) is 0 Å². The van der Waals surface area contributed by atoms with Gasteiger partial charge in [-0.25, -0.2) is 5.10 Å². The first-order chi connectivity index (χ1) is 13.1. The molecule has 0 aliphatic rings. The summed E-state index contributed by atoms with van der Waals surface area (Å²) in [5, 5.41) is 11.5. The van der Waals surface area contributed by atoms with Crippen molar-refractivity contribution in [3.63, 3.8) is 0 Å². The van der Waals surface area contributed by atoms with E-state index >= 15 is 0 Å². The van der Waals surface area contributed by atoms with Crippen LogP contribution in [0.1, 0.15) is 5.56 Å². The van der Waals surface area contributed by atoms with E-state index in [0.717, 1.165) is 21.3 Å². The lowest BCUT2D eigenvalue weighted by molar-refractivity contribution is 0.355. The van der Waals surface area contributed by atoms with Gasteiger partial charge in [0.1, 0.15) is 5.75 Å². The lowest BCUT2D eigenvalue weighted by atomic mass is 10.2. The molecule has 0 spiro atoms. The van der Waals surface area contributed by atoms with Crippen LogP contribution in [0.3, 0.4) is 0 Å². The molecule has 0 unspecified atom stereocenters. The summed E-state index contributed by atoms with van der Waals surface area (Å²) in [7, 11) is 4.79. The zero-order valence-corrected chi connectivity index (χ0v) is 17.3. The second-order valence-corrected chi connectivity index (χ2v) is 6.61. The third-order valence-corrected chi connectivity index (χ3v) is 4.67. The van der Waals surface area contributed by atoms with Gasteiger partial charge in [0.25, 0.3) is 0 Å². The van der Waals surface area contributed by atoms with Crippen molar-refractivity contribution in [2.45, 2.75) is 0 Å². The van der Waals surface area contributed by atoms with Crippen LogP contribution in [0.5, 0.6) is 17.2 Å². The Morgan fingerprint density at radius 2 is 1.74 bits per heavy atom. The van der Waals surface area contributed by atoms with Crippen LogP contribution in [-0.2, 0) is 0 Å². The van der Waals surface area contributed by atoms with Gasteiger partial charge < -0.3 is 14.2 Å². The van der Waals surface area contributed by atoms with E-state index in [9.17, 15) is 0 Å². The number of hydrogen-bond acceptors (Lipinski definition) is 6. The number of nitrogens with zero attached hydrogens (tertiary/aromatic N) is 3. The number of nitrogens with one attached hydrogen (secondary N) is 1. The zero-order valence-electron chi connectivity index (χ0n) is 14.9. The van der Waals surface area contributed by atoms with Gasteiger partial charge in [-0.05, 0) is 70.1 Å². The number of aromatic nitrogens is 3. The quantitative estimate of drug-likeness (QED) is 0.449. The van der Waals surface area contributed by atoms with Gasteiger partial charge in [0.15, 0.2) is 17.3 Å². The van der Waals surface area contributed by atoms with E-state index in [2.05, 4.69) is 31.2 Å². The number of H-pyrrole nitrogens is 1. The highest BCUT2D eigenvalue weighted by Crippen LogP contribution is 2.31. The van der Waals surface area contributed by atoms with Crippen LogP contribution in [-0.4, -0.2) is 42.4 Å². The third kappa shape index (κ3) is 4.04. The summed E-state index contributed by atoms with van der Waals surface area (Å²) in [6.07, 6.45) is 1.69. The van der Waals surface area contributed by atoms with Crippen LogP contribution < -0.4 is 14.2 Å². The van der Waals surface area contributed by atoms with Gasteiger partial charge in [0.2, 0.25) is 4.77 Å². The summed E-state index contributed by atoms with van der Waals surface area (Å²) in [6.45, 7) is 0. The smallest absolute Gasteiger partial charge is 0.216 e. The summed E-state index contributed by atoms with van der Waals surface area (Å²) in [4.78, 5) is 0. The highest BCUT2D eigenvalue weighted by atomic mass is 79.9. The van der Waals surface area contributed by atoms with Crippen LogP contribution in [0.15, 0.2) is 46.0 Å². The zero-order chi connectivity index (χ0) is 19.4.